The van der Waals surface area contributed by atoms with Gasteiger partial charge in [0, 0.05) is 35.1 Å². The molecule has 0 saturated carbocycles. The molecular formula is C31H25F5N2O5S. The lowest BCUT2D eigenvalue weighted by Gasteiger charge is -2.41. The summed E-state index contributed by atoms with van der Waals surface area (Å²) < 4.78 is 82.6. The van der Waals surface area contributed by atoms with Gasteiger partial charge in [-0.1, -0.05) is 55.1 Å². The fourth-order valence-corrected chi connectivity index (χ4v) is 5.84. The second kappa shape index (κ2) is 13.3. The first-order chi connectivity index (χ1) is 21.1. The van der Waals surface area contributed by atoms with Crippen molar-refractivity contribution in [2.24, 2.45) is 5.92 Å². The molecule has 3 aromatic carbocycles. The van der Waals surface area contributed by atoms with Crippen molar-refractivity contribution < 1.29 is 46.1 Å². The molecule has 1 aliphatic heterocycles. The highest BCUT2D eigenvalue weighted by molar-refractivity contribution is 7.99. The smallest absolute Gasteiger partial charge is 0.261 e. The van der Waals surface area contributed by atoms with E-state index in [-0.39, 0.29) is 18.2 Å². The normalized spacial score (nSPS) is 20.0. The van der Waals surface area contributed by atoms with Crippen molar-refractivity contribution in [1.82, 2.24) is 0 Å². The summed E-state index contributed by atoms with van der Waals surface area (Å²) in [6, 6.07) is 18.1. The van der Waals surface area contributed by atoms with Gasteiger partial charge in [-0.05, 0) is 29.3 Å². The Bertz CT molecular complexity index is 1650. The standard InChI is InChI=1S/C31H25F5N2O5S/c1-16-21(15-44-22-7-2-3-12-38(22)41)42-31(43-29(16)18-10-8-17(14-39)9-11-18)19-5-4-6-20(13-19)37-30(40)23-24(32)26(34)28(36)27(35)25(23)33/h2-13,16,21,29,31,39H,14-15H2,1H3,(H,37,40)/t16-,21+,29+,31+/m0/s1. The Hall–Kier alpha value is -4.04. The number of benzene rings is 3. The highest BCUT2D eigenvalue weighted by atomic mass is 32.2. The number of carbonyl (C=O) groups is 1. The van der Waals surface area contributed by atoms with Gasteiger partial charge in [0.05, 0.1) is 18.8 Å². The van der Waals surface area contributed by atoms with Crippen LogP contribution < -0.4 is 10.0 Å². The molecule has 0 radical (unpaired) electrons. The average Bonchev–Trinajstić information content (AvgIpc) is 3.03. The second-order valence-electron chi connectivity index (χ2n) is 10.0. The number of nitrogens with one attached hydrogen (secondary N) is 1. The zero-order valence-corrected chi connectivity index (χ0v) is 23.8. The maximum absolute atomic E-state index is 14.2. The first kappa shape index (κ1) is 31.4. The molecule has 1 aromatic heterocycles. The van der Waals surface area contributed by atoms with Gasteiger partial charge in [0.25, 0.3) is 10.9 Å². The molecule has 4 aromatic rings. The molecule has 7 nitrogen and oxygen atoms in total. The van der Waals surface area contributed by atoms with Crippen LogP contribution in [0.3, 0.4) is 0 Å². The molecule has 4 atom stereocenters. The Balaban J connectivity index is 1.42. The van der Waals surface area contributed by atoms with Crippen LogP contribution in [-0.4, -0.2) is 22.9 Å². The summed E-state index contributed by atoms with van der Waals surface area (Å²) in [5, 5.41) is 24.3. The SMILES string of the molecule is C[C@H]1[C@@H](CSc2cccc[n+]2[O-])O[C@@H](c2cccc(NC(=O)c3c(F)c(F)c(F)c(F)c3F)c2)O[C@H]1c1ccc(CO)cc1. The van der Waals surface area contributed by atoms with Crippen LogP contribution in [-0.2, 0) is 16.1 Å². The number of pyridine rings is 1. The summed E-state index contributed by atoms with van der Waals surface area (Å²) in [4.78, 5) is 12.6. The van der Waals surface area contributed by atoms with Crippen LogP contribution in [0.15, 0.2) is 78.0 Å². The Morgan fingerprint density at radius 3 is 2.25 bits per heavy atom. The molecule has 0 unspecified atom stereocenters. The lowest BCUT2D eigenvalue weighted by atomic mass is 9.91. The molecule has 0 bridgehead atoms. The van der Waals surface area contributed by atoms with Crippen molar-refractivity contribution in [1.29, 1.82) is 0 Å². The van der Waals surface area contributed by atoms with Gasteiger partial charge < -0.3 is 25.1 Å². The summed E-state index contributed by atoms with van der Waals surface area (Å²) in [5.74, 6) is -12.7. The third-order valence-electron chi connectivity index (χ3n) is 7.16. The molecule has 44 heavy (non-hydrogen) atoms. The number of hydrogen-bond acceptors (Lipinski definition) is 6. The molecule has 5 rings (SSSR count). The Morgan fingerprint density at radius 1 is 0.909 bits per heavy atom. The van der Waals surface area contributed by atoms with Crippen LogP contribution in [0, 0.1) is 40.2 Å². The maximum Gasteiger partial charge on any atom is 0.261 e. The first-order valence-electron chi connectivity index (χ1n) is 13.3. The molecular weight excluding hydrogens is 607 g/mol. The van der Waals surface area contributed by atoms with Gasteiger partial charge in [0.1, 0.15) is 5.56 Å². The third kappa shape index (κ3) is 6.41. The van der Waals surface area contributed by atoms with Gasteiger partial charge in [-0.25, -0.2) is 22.0 Å². The number of aromatic nitrogens is 1. The van der Waals surface area contributed by atoms with Crippen molar-refractivity contribution in [2.75, 3.05) is 11.1 Å². The second-order valence-corrected chi connectivity index (χ2v) is 11.1. The minimum absolute atomic E-state index is 0.0197. The highest BCUT2D eigenvalue weighted by Gasteiger charge is 2.39. The van der Waals surface area contributed by atoms with Crippen LogP contribution in [0.2, 0.25) is 0 Å². The lowest BCUT2D eigenvalue weighted by molar-refractivity contribution is -0.645. The van der Waals surface area contributed by atoms with Gasteiger partial charge in [0.2, 0.25) is 5.82 Å². The van der Waals surface area contributed by atoms with Gasteiger partial charge in [-0.15, -0.1) is 0 Å². The Kier molecular flexibility index (Phi) is 9.49. The fraction of sp³-hybridized carbons (Fsp3) is 0.226. The van der Waals surface area contributed by atoms with Gasteiger partial charge in [0.15, 0.2) is 35.8 Å². The van der Waals surface area contributed by atoms with E-state index in [1.807, 2.05) is 19.1 Å². The van der Waals surface area contributed by atoms with Crippen molar-refractivity contribution in [3.63, 3.8) is 0 Å². The van der Waals surface area contributed by atoms with Crippen LogP contribution in [0.25, 0.3) is 0 Å². The number of aliphatic hydroxyl groups is 1. The number of ether oxygens (including phenoxy) is 2. The van der Waals surface area contributed by atoms with E-state index < -0.39 is 59.1 Å². The van der Waals surface area contributed by atoms with E-state index in [0.717, 1.165) is 10.3 Å². The fourth-order valence-electron chi connectivity index (χ4n) is 4.76. The summed E-state index contributed by atoms with van der Waals surface area (Å²) in [6.07, 6.45) is -0.584. The van der Waals surface area contributed by atoms with Crippen molar-refractivity contribution in [2.45, 2.75) is 37.1 Å². The molecule has 1 fully saturated rings. The summed E-state index contributed by atoms with van der Waals surface area (Å²) in [7, 11) is 0. The molecule has 0 aliphatic carbocycles. The topological polar surface area (TPSA) is 94.7 Å². The number of amides is 1. The van der Waals surface area contributed by atoms with Crippen LogP contribution >= 0.6 is 11.8 Å². The van der Waals surface area contributed by atoms with Crippen LogP contribution in [0.4, 0.5) is 27.6 Å². The first-order valence-corrected chi connectivity index (χ1v) is 14.3. The minimum atomic E-state index is -2.37. The molecule has 0 spiro atoms. The van der Waals surface area contributed by atoms with E-state index >= 15 is 0 Å². The number of anilines is 1. The number of carbonyl (C=O) groups excluding carboxylic acids is 1. The highest BCUT2D eigenvalue weighted by Crippen LogP contribution is 2.43. The molecule has 230 valence electrons. The average molecular weight is 633 g/mol. The van der Waals surface area contributed by atoms with E-state index in [0.29, 0.717) is 21.9 Å². The summed E-state index contributed by atoms with van der Waals surface area (Å²) >= 11 is 1.29. The van der Waals surface area contributed by atoms with Crippen molar-refractivity contribution in [3.05, 3.63) is 129 Å². The number of hydrogen-bond donors (Lipinski definition) is 2. The minimum Gasteiger partial charge on any atom is -0.618 e. The maximum atomic E-state index is 14.2. The van der Waals surface area contributed by atoms with Crippen LogP contribution in [0.5, 0.6) is 0 Å². The van der Waals surface area contributed by atoms with Crippen molar-refractivity contribution >= 4 is 23.4 Å². The zero-order chi connectivity index (χ0) is 31.5. The number of aliphatic hydroxyl groups excluding tert-OH is 1. The molecule has 2 heterocycles. The van der Waals surface area contributed by atoms with E-state index in [1.165, 1.54) is 36.2 Å². The van der Waals surface area contributed by atoms with E-state index in [1.54, 1.807) is 36.4 Å². The van der Waals surface area contributed by atoms with E-state index in [2.05, 4.69) is 5.32 Å². The quantitative estimate of drug-likeness (QED) is 0.0588. The third-order valence-corrected chi connectivity index (χ3v) is 8.27. The molecule has 2 N–H and O–H groups in total. The molecule has 1 saturated heterocycles. The van der Waals surface area contributed by atoms with Gasteiger partial charge >= 0.3 is 0 Å². The van der Waals surface area contributed by atoms with Crippen molar-refractivity contribution in [3.8, 4) is 0 Å². The zero-order valence-electron chi connectivity index (χ0n) is 23.0. The monoisotopic (exact) mass is 632 g/mol. The number of halogens is 5. The lowest BCUT2D eigenvalue weighted by Crippen LogP contribution is -2.39. The summed E-state index contributed by atoms with van der Waals surface area (Å²) in [5.41, 5.74) is 0.253. The summed E-state index contributed by atoms with van der Waals surface area (Å²) in [6.45, 7) is 1.80. The predicted octanol–water partition coefficient (Wildman–Crippen LogP) is 6.34. The number of rotatable bonds is 8. The Morgan fingerprint density at radius 2 is 1.59 bits per heavy atom. The number of thioether (sulfide) groups is 1. The largest absolute Gasteiger partial charge is 0.618 e. The van der Waals surface area contributed by atoms with Gasteiger partial charge in [-0.3, -0.25) is 4.79 Å². The van der Waals surface area contributed by atoms with Gasteiger partial charge in [-0.2, -0.15) is 4.73 Å². The van der Waals surface area contributed by atoms with E-state index in [4.69, 9.17) is 9.47 Å². The molecule has 1 amide bonds. The van der Waals surface area contributed by atoms with E-state index in [9.17, 15) is 37.1 Å². The Labute approximate surface area is 252 Å². The molecule has 13 heteroatoms. The number of nitrogens with zero attached hydrogens (tertiary/aromatic N) is 1. The predicted molar refractivity (Wildman–Crippen MR) is 150 cm³/mol. The molecule has 1 aliphatic rings. The van der Waals surface area contributed by atoms with Crippen LogP contribution in [0.1, 0.15) is 46.4 Å².